The Balaban J connectivity index is 1.83. The summed E-state index contributed by atoms with van der Waals surface area (Å²) in [7, 11) is 0. The third-order valence-corrected chi connectivity index (χ3v) is 6.31. The number of carbonyl (C=O) groups is 1. The molecule has 1 unspecified atom stereocenters. The topological polar surface area (TPSA) is 70.8 Å². The van der Waals surface area contributed by atoms with E-state index in [-0.39, 0.29) is 28.4 Å². The number of anilines is 1. The molecule has 154 valence electrons. The van der Waals surface area contributed by atoms with Crippen LogP contribution in [0.1, 0.15) is 38.9 Å². The monoisotopic (exact) mass is 475 g/mol. The molecule has 1 atom stereocenters. The lowest BCUT2D eigenvalue weighted by Crippen LogP contribution is -2.29. The van der Waals surface area contributed by atoms with Gasteiger partial charge in [-0.05, 0) is 79.1 Å². The summed E-state index contributed by atoms with van der Waals surface area (Å²) in [5.41, 5.74) is 3.66. The molecule has 5 rings (SSSR count). The van der Waals surface area contributed by atoms with E-state index in [9.17, 15) is 14.7 Å². The van der Waals surface area contributed by atoms with Gasteiger partial charge in [-0.3, -0.25) is 14.5 Å². The fourth-order valence-electron chi connectivity index (χ4n) is 4.11. The number of rotatable bonds is 2. The number of phenols is 1. The molecule has 6 heteroatoms. The van der Waals surface area contributed by atoms with Crippen LogP contribution in [0, 0.1) is 13.8 Å². The smallest absolute Gasteiger partial charge is 0.295 e. The number of carbonyl (C=O) groups excluding carboxylic acids is 1. The number of phenolic OH excluding ortho intramolecular Hbond substituents is 1. The second-order valence-electron chi connectivity index (χ2n) is 7.76. The van der Waals surface area contributed by atoms with Gasteiger partial charge in [0.15, 0.2) is 5.43 Å². The minimum atomic E-state index is -0.710. The predicted molar refractivity (Wildman–Crippen MR) is 123 cm³/mol. The van der Waals surface area contributed by atoms with E-state index >= 15 is 0 Å². The van der Waals surface area contributed by atoms with Gasteiger partial charge >= 0.3 is 0 Å². The molecule has 0 spiro atoms. The standard InChI is InChI=1S/C25H18BrNO4/c1-13-10-19-20(11-14(13)2)31-24-21(23(19)29)22(15-4-3-5-18(28)12-15)27(25(24)30)17-8-6-16(26)7-9-17/h3-12,22,28H,1-2H3. The first kappa shape index (κ1) is 19.6. The zero-order valence-corrected chi connectivity index (χ0v) is 18.4. The van der Waals surface area contributed by atoms with E-state index in [1.807, 2.05) is 44.2 Å². The summed E-state index contributed by atoms with van der Waals surface area (Å²) >= 11 is 3.42. The third-order valence-electron chi connectivity index (χ3n) is 5.78. The molecule has 4 aromatic rings. The molecule has 1 aromatic heterocycles. The van der Waals surface area contributed by atoms with Crippen LogP contribution in [-0.2, 0) is 0 Å². The summed E-state index contributed by atoms with van der Waals surface area (Å²) in [6.45, 7) is 3.88. The van der Waals surface area contributed by atoms with E-state index in [1.54, 1.807) is 35.2 Å². The van der Waals surface area contributed by atoms with Crippen LogP contribution in [0.2, 0.25) is 0 Å². The van der Waals surface area contributed by atoms with E-state index < -0.39 is 6.04 Å². The number of hydrogen-bond acceptors (Lipinski definition) is 4. The van der Waals surface area contributed by atoms with Gasteiger partial charge in [-0.15, -0.1) is 0 Å². The molecule has 5 nitrogen and oxygen atoms in total. The normalized spacial score (nSPS) is 15.5. The maximum absolute atomic E-state index is 13.6. The highest BCUT2D eigenvalue weighted by Crippen LogP contribution is 2.42. The van der Waals surface area contributed by atoms with E-state index in [4.69, 9.17) is 4.42 Å². The van der Waals surface area contributed by atoms with Gasteiger partial charge in [-0.25, -0.2) is 0 Å². The van der Waals surface area contributed by atoms with Gasteiger partial charge in [-0.2, -0.15) is 0 Å². The number of hydrogen-bond donors (Lipinski definition) is 1. The lowest BCUT2D eigenvalue weighted by atomic mass is 9.97. The highest BCUT2D eigenvalue weighted by molar-refractivity contribution is 9.10. The number of aryl methyl sites for hydroxylation is 2. The van der Waals surface area contributed by atoms with Gasteiger partial charge in [0.25, 0.3) is 5.91 Å². The molecular weight excluding hydrogens is 458 g/mol. The Morgan fingerprint density at radius 3 is 2.39 bits per heavy atom. The summed E-state index contributed by atoms with van der Waals surface area (Å²) in [6.07, 6.45) is 0. The van der Waals surface area contributed by atoms with Crippen LogP contribution in [0.25, 0.3) is 11.0 Å². The van der Waals surface area contributed by atoms with E-state index in [2.05, 4.69) is 15.9 Å². The molecule has 1 amide bonds. The van der Waals surface area contributed by atoms with Crippen molar-refractivity contribution in [3.63, 3.8) is 0 Å². The Morgan fingerprint density at radius 2 is 1.68 bits per heavy atom. The van der Waals surface area contributed by atoms with Crippen molar-refractivity contribution in [1.82, 2.24) is 0 Å². The molecular formula is C25H18BrNO4. The van der Waals surface area contributed by atoms with Crippen LogP contribution in [-0.4, -0.2) is 11.0 Å². The van der Waals surface area contributed by atoms with Crippen LogP contribution in [0.5, 0.6) is 5.75 Å². The van der Waals surface area contributed by atoms with E-state index in [0.717, 1.165) is 15.6 Å². The van der Waals surface area contributed by atoms with Crippen molar-refractivity contribution in [2.24, 2.45) is 0 Å². The first-order valence-electron chi connectivity index (χ1n) is 9.81. The average molecular weight is 476 g/mol. The molecule has 3 aromatic carbocycles. The fraction of sp³-hybridized carbons (Fsp3) is 0.120. The second kappa shape index (κ2) is 7.10. The lowest BCUT2D eigenvalue weighted by molar-refractivity contribution is 0.0971. The molecule has 2 heterocycles. The Kier molecular flexibility index (Phi) is 4.48. The largest absolute Gasteiger partial charge is 0.508 e. The highest BCUT2D eigenvalue weighted by Gasteiger charge is 2.43. The third kappa shape index (κ3) is 3.06. The molecule has 0 radical (unpaired) electrons. The summed E-state index contributed by atoms with van der Waals surface area (Å²) in [5.74, 6) is -0.286. The van der Waals surface area contributed by atoms with E-state index in [0.29, 0.717) is 22.2 Å². The van der Waals surface area contributed by atoms with Gasteiger partial charge in [0.05, 0.1) is 17.0 Å². The number of nitrogens with zero attached hydrogens (tertiary/aromatic N) is 1. The molecule has 1 aliphatic rings. The zero-order valence-electron chi connectivity index (χ0n) is 16.8. The molecule has 0 bridgehead atoms. The van der Waals surface area contributed by atoms with Crippen LogP contribution in [0.15, 0.2) is 74.3 Å². The van der Waals surface area contributed by atoms with Crippen molar-refractivity contribution < 1.29 is 14.3 Å². The minimum absolute atomic E-state index is 0.0389. The van der Waals surface area contributed by atoms with E-state index in [1.165, 1.54) is 0 Å². The first-order chi connectivity index (χ1) is 14.8. The number of halogens is 1. The van der Waals surface area contributed by atoms with Gasteiger partial charge < -0.3 is 9.52 Å². The quantitative estimate of drug-likeness (QED) is 0.407. The van der Waals surface area contributed by atoms with Crippen LogP contribution in [0.4, 0.5) is 5.69 Å². The van der Waals surface area contributed by atoms with Crippen LogP contribution >= 0.6 is 15.9 Å². The van der Waals surface area contributed by atoms with Gasteiger partial charge in [0.2, 0.25) is 5.76 Å². The summed E-state index contributed by atoms with van der Waals surface area (Å²) in [4.78, 5) is 28.7. The Labute approximate surface area is 186 Å². The molecule has 31 heavy (non-hydrogen) atoms. The summed E-state index contributed by atoms with van der Waals surface area (Å²) < 4.78 is 6.90. The van der Waals surface area contributed by atoms with Gasteiger partial charge in [0, 0.05) is 10.2 Å². The molecule has 0 fully saturated rings. The van der Waals surface area contributed by atoms with Crippen molar-refractivity contribution in [1.29, 1.82) is 0 Å². The highest BCUT2D eigenvalue weighted by atomic mass is 79.9. The van der Waals surface area contributed by atoms with Crippen LogP contribution in [0.3, 0.4) is 0 Å². The fourth-order valence-corrected chi connectivity index (χ4v) is 4.37. The first-order valence-corrected chi connectivity index (χ1v) is 10.6. The number of amides is 1. The number of aromatic hydroxyl groups is 1. The molecule has 1 N–H and O–H groups in total. The van der Waals surface area contributed by atoms with Crippen molar-refractivity contribution in [3.05, 3.63) is 103 Å². The summed E-state index contributed by atoms with van der Waals surface area (Å²) in [6, 6.07) is 16.8. The summed E-state index contributed by atoms with van der Waals surface area (Å²) in [5, 5.41) is 10.5. The minimum Gasteiger partial charge on any atom is -0.508 e. The van der Waals surface area contributed by atoms with Gasteiger partial charge in [0.1, 0.15) is 11.3 Å². The zero-order chi connectivity index (χ0) is 21.9. The molecule has 0 saturated heterocycles. The second-order valence-corrected chi connectivity index (χ2v) is 8.67. The molecule has 0 saturated carbocycles. The van der Waals surface area contributed by atoms with Gasteiger partial charge in [-0.1, -0.05) is 28.1 Å². The molecule has 0 aliphatic carbocycles. The predicted octanol–water partition coefficient (Wildman–Crippen LogP) is 5.63. The lowest BCUT2D eigenvalue weighted by Gasteiger charge is -2.25. The Bertz CT molecular complexity index is 1420. The average Bonchev–Trinajstić information content (AvgIpc) is 3.03. The van der Waals surface area contributed by atoms with Crippen LogP contribution < -0.4 is 10.3 Å². The van der Waals surface area contributed by atoms with Crippen molar-refractivity contribution in [2.75, 3.05) is 4.90 Å². The SMILES string of the molecule is Cc1cc2oc3c(c(=O)c2cc1C)C(c1cccc(O)c1)N(c1ccc(Br)cc1)C3=O. The Hall–Kier alpha value is -3.38. The van der Waals surface area contributed by atoms with Crippen molar-refractivity contribution >= 4 is 38.5 Å². The van der Waals surface area contributed by atoms with Crippen molar-refractivity contribution in [3.8, 4) is 5.75 Å². The number of benzene rings is 3. The number of fused-ring (bicyclic) bond motifs is 2. The maximum atomic E-state index is 13.6. The Morgan fingerprint density at radius 1 is 0.968 bits per heavy atom. The molecule has 1 aliphatic heterocycles. The maximum Gasteiger partial charge on any atom is 0.295 e. The van der Waals surface area contributed by atoms with Crippen molar-refractivity contribution in [2.45, 2.75) is 19.9 Å².